The molecule has 4 heteroatoms. The minimum absolute atomic E-state index is 0.0301. The fourth-order valence-electron chi connectivity index (χ4n) is 1.71. The zero-order valence-electron chi connectivity index (χ0n) is 11.1. The van der Waals surface area contributed by atoms with Crippen molar-refractivity contribution >= 4 is 5.78 Å². The zero-order chi connectivity index (χ0) is 13.5. The van der Waals surface area contributed by atoms with Crippen molar-refractivity contribution in [2.75, 3.05) is 13.6 Å². The minimum Gasteiger partial charge on any atom is -0.489 e. The van der Waals surface area contributed by atoms with E-state index in [9.17, 15) is 9.18 Å². The third kappa shape index (κ3) is 5.27. The lowest BCUT2D eigenvalue weighted by Crippen LogP contribution is -2.26. The van der Waals surface area contributed by atoms with Crippen LogP contribution >= 0.6 is 0 Å². The van der Waals surface area contributed by atoms with Gasteiger partial charge in [0.1, 0.15) is 23.5 Å². The van der Waals surface area contributed by atoms with Gasteiger partial charge in [0.05, 0.1) is 0 Å². The molecule has 0 amide bonds. The Labute approximate surface area is 107 Å². The average molecular weight is 253 g/mol. The highest BCUT2D eigenvalue weighted by Crippen LogP contribution is 2.19. The first-order chi connectivity index (χ1) is 8.51. The lowest BCUT2D eigenvalue weighted by Gasteiger charge is -2.15. The zero-order valence-corrected chi connectivity index (χ0v) is 11.1. The Kier molecular flexibility index (Phi) is 5.78. The SMILES string of the molecule is CNCC(C)Oc1cc(F)cc(CCC(C)=O)c1. The number of ether oxygens (including phenoxy) is 1. The van der Waals surface area contributed by atoms with Gasteiger partial charge in [0.2, 0.25) is 0 Å². The van der Waals surface area contributed by atoms with Crippen molar-refractivity contribution < 1.29 is 13.9 Å². The molecule has 1 N–H and O–H groups in total. The van der Waals surface area contributed by atoms with Crippen LogP contribution in [0.5, 0.6) is 5.75 Å². The molecule has 1 aromatic carbocycles. The van der Waals surface area contributed by atoms with Crippen LogP contribution in [0.15, 0.2) is 18.2 Å². The maximum absolute atomic E-state index is 13.4. The van der Waals surface area contributed by atoms with Crippen molar-refractivity contribution in [2.45, 2.75) is 32.8 Å². The summed E-state index contributed by atoms with van der Waals surface area (Å²) in [6.07, 6.45) is 0.941. The Morgan fingerprint density at radius 1 is 1.44 bits per heavy atom. The van der Waals surface area contributed by atoms with E-state index in [1.807, 2.05) is 14.0 Å². The lowest BCUT2D eigenvalue weighted by molar-refractivity contribution is -0.116. The molecular formula is C14H20FNO2. The molecule has 0 aromatic heterocycles. The number of carbonyl (C=O) groups excluding carboxylic acids is 1. The molecule has 0 radical (unpaired) electrons. The summed E-state index contributed by atoms with van der Waals surface area (Å²) in [6, 6.07) is 4.60. The number of rotatable bonds is 7. The molecule has 0 saturated carbocycles. The molecule has 0 aliphatic rings. The van der Waals surface area contributed by atoms with E-state index in [0.29, 0.717) is 25.1 Å². The van der Waals surface area contributed by atoms with E-state index in [1.165, 1.54) is 19.1 Å². The maximum atomic E-state index is 13.4. The Balaban J connectivity index is 2.70. The van der Waals surface area contributed by atoms with Crippen LogP contribution in [0.3, 0.4) is 0 Å². The van der Waals surface area contributed by atoms with Gasteiger partial charge in [-0.3, -0.25) is 0 Å². The van der Waals surface area contributed by atoms with Crippen LogP contribution in [-0.2, 0) is 11.2 Å². The number of likely N-dealkylation sites (N-methyl/N-ethyl adjacent to an activating group) is 1. The Hall–Kier alpha value is -1.42. The molecule has 0 bridgehead atoms. The van der Waals surface area contributed by atoms with Crippen molar-refractivity contribution in [3.8, 4) is 5.75 Å². The average Bonchev–Trinajstić information content (AvgIpc) is 2.25. The van der Waals surface area contributed by atoms with Gasteiger partial charge < -0.3 is 14.8 Å². The maximum Gasteiger partial charge on any atom is 0.130 e. The van der Waals surface area contributed by atoms with Gasteiger partial charge >= 0.3 is 0 Å². The normalized spacial score (nSPS) is 12.2. The largest absolute Gasteiger partial charge is 0.489 e. The van der Waals surface area contributed by atoms with Gasteiger partial charge in [0, 0.05) is 19.0 Å². The van der Waals surface area contributed by atoms with E-state index in [4.69, 9.17) is 4.74 Å². The number of hydrogen-bond acceptors (Lipinski definition) is 3. The first-order valence-electron chi connectivity index (χ1n) is 6.11. The standard InChI is InChI=1S/C14H20FNO2/c1-10(17)4-5-12-6-13(15)8-14(7-12)18-11(2)9-16-3/h6-8,11,16H,4-5,9H2,1-3H3. The molecule has 100 valence electrons. The second-order valence-corrected chi connectivity index (χ2v) is 4.48. The van der Waals surface area contributed by atoms with Crippen LogP contribution in [0.25, 0.3) is 0 Å². The van der Waals surface area contributed by atoms with E-state index < -0.39 is 0 Å². The third-order valence-electron chi connectivity index (χ3n) is 2.53. The number of nitrogens with one attached hydrogen (secondary N) is 1. The molecule has 0 spiro atoms. The van der Waals surface area contributed by atoms with Gasteiger partial charge in [-0.25, -0.2) is 4.39 Å². The summed E-state index contributed by atoms with van der Waals surface area (Å²) in [7, 11) is 1.84. The number of halogens is 1. The topological polar surface area (TPSA) is 38.3 Å². The molecule has 18 heavy (non-hydrogen) atoms. The van der Waals surface area contributed by atoms with Crippen LogP contribution < -0.4 is 10.1 Å². The molecule has 0 aliphatic heterocycles. The highest BCUT2D eigenvalue weighted by molar-refractivity contribution is 5.75. The summed E-state index contributed by atoms with van der Waals surface area (Å²) in [5.74, 6) is 0.282. The van der Waals surface area contributed by atoms with Gasteiger partial charge in [-0.1, -0.05) is 0 Å². The molecule has 1 unspecified atom stereocenters. The highest BCUT2D eigenvalue weighted by Gasteiger charge is 2.07. The Morgan fingerprint density at radius 3 is 2.78 bits per heavy atom. The summed E-state index contributed by atoms with van der Waals surface area (Å²) >= 11 is 0. The van der Waals surface area contributed by atoms with Crippen molar-refractivity contribution in [2.24, 2.45) is 0 Å². The first-order valence-corrected chi connectivity index (χ1v) is 6.11. The van der Waals surface area contributed by atoms with Crippen LogP contribution in [0.1, 0.15) is 25.8 Å². The number of ketones is 1. The summed E-state index contributed by atoms with van der Waals surface area (Å²) < 4.78 is 19.0. The van der Waals surface area contributed by atoms with Crippen LogP contribution in [-0.4, -0.2) is 25.5 Å². The molecule has 0 saturated heterocycles. The molecule has 1 aromatic rings. The smallest absolute Gasteiger partial charge is 0.130 e. The molecule has 3 nitrogen and oxygen atoms in total. The van der Waals surface area contributed by atoms with Crippen LogP contribution in [0.4, 0.5) is 4.39 Å². The summed E-state index contributed by atoms with van der Waals surface area (Å²) in [5, 5.41) is 2.99. The van der Waals surface area contributed by atoms with Crippen molar-refractivity contribution in [3.63, 3.8) is 0 Å². The minimum atomic E-state index is -0.331. The van der Waals surface area contributed by atoms with E-state index in [0.717, 1.165) is 5.56 Å². The van der Waals surface area contributed by atoms with Crippen molar-refractivity contribution in [1.82, 2.24) is 5.32 Å². The number of carbonyl (C=O) groups is 1. The Morgan fingerprint density at radius 2 is 2.17 bits per heavy atom. The quantitative estimate of drug-likeness (QED) is 0.810. The third-order valence-corrected chi connectivity index (χ3v) is 2.53. The fraction of sp³-hybridized carbons (Fsp3) is 0.500. The summed E-state index contributed by atoms with van der Waals surface area (Å²) in [6.45, 7) is 4.14. The highest BCUT2D eigenvalue weighted by atomic mass is 19.1. The van der Waals surface area contributed by atoms with Crippen molar-refractivity contribution in [3.05, 3.63) is 29.6 Å². The molecule has 0 fully saturated rings. The van der Waals surface area contributed by atoms with Gasteiger partial charge in [0.25, 0.3) is 0 Å². The Bertz CT molecular complexity index is 407. The van der Waals surface area contributed by atoms with E-state index in [2.05, 4.69) is 5.32 Å². The monoisotopic (exact) mass is 253 g/mol. The van der Waals surface area contributed by atoms with E-state index in [-0.39, 0.29) is 17.7 Å². The number of benzene rings is 1. The molecule has 0 heterocycles. The predicted molar refractivity (Wildman–Crippen MR) is 69.4 cm³/mol. The van der Waals surface area contributed by atoms with Crippen LogP contribution in [0.2, 0.25) is 0 Å². The molecular weight excluding hydrogens is 233 g/mol. The summed E-state index contributed by atoms with van der Waals surface area (Å²) in [5.41, 5.74) is 0.789. The number of hydrogen-bond donors (Lipinski definition) is 1. The van der Waals surface area contributed by atoms with Gasteiger partial charge in [0.15, 0.2) is 0 Å². The lowest BCUT2D eigenvalue weighted by atomic mass is 10.1. The van der Waals surface area contributed by atoms with E-state index in [1.54, 1.807) is 6.07 Å². The van der Waals surface area contributed by atoms with Gasteiger partial charge in [-0.2, -0.15) is 0 Å². The van der Waals surface area contributed by atoms with Gasteiger partial charge in [-0.05, 0) is 45.0 Å². The fourth-order valence-corrected chi connectivity index (χ4v) is 1.71. The second kappa shape index (κ2) is 7.11. The predicted octanol–water partition coefficient (Wildman–Crippen LogP) is 2.33. The van der Waals surface area contributed by atoms with E-state index >= 15 is 0 Å². The number of Topliss-reactive ketones (excluding diaryl/α,β-unsaturated/α-hetero) is 1. The molecule has 1 rings (SSSR count). The van der Waals surface area contributed by atoms with Crippen molar-refractivity contribution in [1.29, 1.82) is 0 Å². The number of aryl methyl sites for hydroxylation is 1. The molecule has 0 aliphatic carbocycles. The summed E-state index contributed by atoms with van der Waals surface area (Å²) in [4.78, 5) is 10.9. The molecule has 1 atom stereocenters. The second-order valence-electron chi connectivity index (χ2n) is 4.48. The first kappa shape index (κ1) is 14.6. The van der Waals surface area contributed by atoms with Crippen LogP contribution in [0, 0.1) is 5.82 Å². The van der Waals surface area contributed by atoms with Gasteiger partial charge in [-0.15, -0.1) is 0 Å².